The molecule has 6 heteroatoms. The molecule has 1 rings (SSSR count). The first-order valence-electron chi connectivity index (χ1n) is 7.39. The van der Waals surface area contributed by atoms with Gasteiger partial charge in [-0.25, -0.2) is 13.6 Å². The summed E-state index contributed by atoms with van der Waals surface area (Å²) >= 11 is 0. The summed E-state index contributed by atoms with van der Waals surface area (Å²) in [5.41, 5.74) is -1.24. The van der Waals surface area contributed by atoms with Gasteiger partial charge in [-0.15, -0.1) is 0 Å². The van der Waals surface area contributed by atoms with E-state index in [9.17, 15) is 18.4 Å². The molecule has 1 N–H and O–H groups in total. The number of carbonyl (C=O) groups is 2. The Bertz CT molecular complexity index is 601. The topological polar surface area (TPSA) is 55.4 Å². The van der Waals surface area contributed by atoms with E-state index in [1.165, 1.54) is 0 Å². The van der Waals surface area contributed by atoms with Gasteiger partial charge in [-0.05, 0) is 45.4 Å². The first kappa shape index (κ1) is 14.0. The molecular formula is C15H19F2NO3. The number of hydrogen-bond acceptors (Lipinski definition) is 3. The molecule has 0 saturated heterocycles. The number of ether oxygens (including phenoxy) is 1. The zero-order valence-corrected chi connectivity index (χ0v) is 12.1. The van der Waals surface area contributed by atoms with Gasteiger partial charge in [0.1, 0.15) is 17.2 Å². The average Bonchev–Trinajstić information content (AvgIpc) is 2.36. The monoisotopic (exact) mass is 301 g/mol. The molecule has 0 bridgehead atoms. The Morgan fingerprint density at radius 1 is 1.33 bits per heavy atom. The molecule has 1 aromatic rings. The lowest BCUT2D eigenvalue weighted by Crippen LogP contribution is -2.33. The summed E-state index contributed by atoms with van der Waals surface area (Å²) in [6, 6.07) is 2.47. The number of nitrogens with one attached hydrogen (secondary N) is 1. The number of alkyl carbamates (subject to hydrolysis) is 1. The van der Waals surface area contributed by atoms with E-state index in [4.69, 9.17) is 7.48 Å². The van der Waals surface area contributed by atoms with Crippen molar-refractivity contribution >= 4 is 11.9 Å². The number of Topliss-reactive ketones (excluding diaryl/α,β-unsaturated/α-hetero) is 1. The zero-order valence-electron chi connectivity index (χ0n) is 14.1. The van der Waals surface area contributed by atoms with Crippen LogP contribution in [0.2, 0.25) is 0 Å². The van der Waals surface area contributed by atoms with E-state index in [0.29, 0.717) is 0 Å². The second kappa shape index (κ2) is 7.15. The van der Waals surface area contributed by atoms with Crippen molar-refractivity contribution in [2.75, 3.05) is 6.50 Å². The molecule has 0 spiro atoms. The van der Waals surface area contributed by atoms with Crippen molar-refractivity contribution in [1.82, 2.24) is 5.32 Å². The molecule has 116 valence electrons. The minimum atomic E-state index is -2.22. The molecule has 0 radical (unpaired) electrons. The van der Waals surface area contributed by atoms with Crippen LogP contribution in [0.4, 0.5) is 13.6 Å². The van der Waals surface area contributed by atoms with Crippen LogP contribution in [0.25, 0.3) is 0 Å². The van der Waals surface area contributed by atoms with Gasteiger partial charge in [-0.3, -0.25) is 4.79 Å². The highest BCUT2D eigenvalue weighted by atomic mass is 19.1. The number of amides is 1. The number of hydrogen-bond donors (Lipinski definition) is 1. The van der Waals surface area contributed by atoms with Crippen LogP contribution in [0.5, 0.6) is 0 Å². The summed E-state index contributed by atoms with van der Waals surface area (Å²) < 4.78 is 46.7. The molecule has 0 atom stereocenters. The molecular weight excluding hydrogens is 280 g/mol. The van der Waals surface area contributed by atoms with E-state index in [1.54, 1.807) is 20.8 Å². The van der Waals surface area contributed by atoms with Gasteiger partial charge in [0, 0.05) is 15.7 Å². The number of rotatable bonds is 5. The SMILES string of the molecule is [2H]C([2H])(CCC(=O)c1cc(F)ccc1F)NC(=O)OC(C)(C)C. The fraction of sp³-hybridized carbons (Fsp3) is 0.467. The average molecular weight is 301 g/mol. The fourth-order valence-corrected chi connectivity index (χ4v) is 1.46. The molecule has 0 heterocycles. The third-order valence-corrected chi connectivity index (χ3v) is 2.30. The standard InChI is InChI=1S/C15H19F2NO3/c1-15(2,3)21-14(20)18-8-4-5-13(19)11-9-10(16)6-7-12(11)17/h6-7,9H,4-5,8H2,1-3H3,(H,18,20)/i8D2. The van der Waals surface area contributed by atoms with Gasteiger partial charge in [0.2, 0.25) is 0 Å². The van der Waals surface area contributed by atoms with Gasteiger partial charge < -0.3 is 10.1 Å². The van der Waals surface area contributed by atoms with Crippen molar-refractivity contribution in [3.8, 4) is 0 Å². The van der Waals surface area contributed by atoms with Crippen molar-refractivity contribution in [2.24, 2.45) is 0 Å². The summed E-state index contributed by atoms with van der Waals surface area (Å²) in [5, 5.41) is 2.00. The predicted octanol–water partition coefficient (Wildman–Crippen LogP) is 3.45. The highest BCUT2D eigenvalue weighted by Crippen LogP contribution is 2.13. The minimum absolute atomic E-state index is 0.400. The van der Waals surface area contributed by atoms with Crippen LogP contribution in [-0.2, 0) is 4.74 Å². The molecule has 4 nitrogen and oxygen atoms in total. The Hall–Kier alpha value is -1.98. The summed E-state index contributed by atoms with van der Waals surface area (Å²) in [7, 11) is 0. The number of halogens is 2. The van der Waals surface area contributed by atoms with Gasteiger partial charge in [0.15, 0.2) is 5.78 Å². The second-order valence-electron chi connectivity index (χ2n) is 5.35. The van der Waals surface area contributed by atoms with Crippen molar-refractivity contribution in [2.45, 2.75) is 39.2 Å². The third kappa shape index (κ3) is 6.33. The maximum atomic E-state index is 13.5. The largest absolute Gasteiger partial charge is 0.444 e. The van der Waals surface area contributed by atoms with Gasteiger partial charge in [-0.1, -0.05) is 0 Å². The highest BCUT2D eigenvalue weighted by Gasteiger charge is 2.16. The Balaban J connectivity index is 2.63. The molecule has 21 heavy (non-hydrogen) atoms. The molecule has 0 aromatic heterocycles. The van der Waals surface area contributed by atoms with E-state index in [0.717, 1.165) is 18.2 Å². The Morgan fingerprint density at radius 3 is 2.62 bits per heavy atom. The van der Waals surface area contributed by atoms with Crippen molar-refractivity contribution in [3.05, 3.63) is 35.4 Å². The molecule has 0 fully saturated rings. The van der Waals surface area contributed by atoms with E-state index < -0.39 is 54.0 Å². The normalized spacial score (nSPS) is 13.2. The van der Waals surface area contributed by atoms with E-state index in [-0.39, 0.29) is 0 Å². The molecule has 0 unspecified atom stereocenters. The van der Waals surface area contributed by atoms with Gasteiger partial charge in [-0.2, -0.15) is 0 Å². The van der Waals surface area contributed by atoms with Gasteiger partial charge in [0.05, 0.1) is 5.56 Å². The summed E-state index contributed by atoms with van der Waals surface area (Å²) in [4.78, 5) is 23.4. The van der Waals surface area contributed by atoms with E-state index >= 15 is 0 Å². The summed E-state index contributed by atoms with van der Waals surface area (Å²) in [6.07, 6.45) is -1.77. The third-order valence-electron chi connectivity index (χ3n) is 2.30. The second-order valence-corrected chi connectivity index (χ2v) is 5.35. The van der Waals surface area contributed by atoms with Crippen molar-refractivity contribution in [3.63, 3.8) is 0 Å². The number of carbonyl (C=O) groups excluding carboxylic acids is 2. The Kier molecular flexibility index (Phi) is 4.76. The van der Waals surface area contributed by atoms with Crippen molar-refractivity contribution < 1.29 is 25.8 Å². The Morgan fingerprint density at radius 2 is 2.00 bits per heavy atom. The molecule has 0 saturated carbocycles. The zero-order chi connectivity index (χ0) is 17.8. The Labute approximate surface area is 125 Å². The van der Waals surface area contributed by atoms with Crippen LogP contribution in [0, 0.1) is 11.6 Å². The minimum Gasteiger partial charge on any atom is -0.444 e. The lowest BCUT2D eigenvalue weighted by atomic mass is 10.1. The van der Waals surface area contributed by atoms with E-state index in [2.05, 4.69) is 0 Å². The highest BCUT2D eigenvalue weighted by molar-refractivity contribution is 5.96. The molecule has 0 aliphatic heterocycles. The van der Waals surface area contributed by atoms with Gasteiger partial charge in [0.25, 0.3) is 0 Å². The van der Waals surface area contributed by atoms with Crippen molar-refractivity contribution in [1.29, 1.82) is 0 Å². The van der Waals surface area contributed by atoms with Crippen LogP contribution >= 0.6 is 0 Å². The first-order valence-corrected chi connectivity index (χ1v) is 6.39. The van der Waals surface area contributed by atoms with Crippen LogP contribution < -0.4 is 5.32 Å². The van der Waals surface area contributed by atoms with Crippen LogP contribution in [0.3, 0.4) is 0 Å². The van der Waals surface area contributed by atoms with Gasteiger partial charge >= 0.3 is 6.09 Å². The van der Waals surface area contributed by atoms with Crippen LogP contribution in [-0.4, -0.2) is 24.0 Å². The van der Waals surface area contributed by atoms with E-state index in [1.807, 2.05) is 5.32 Å². The predicted molar refractivity (Wildman–Crippen MR) is 74.2 cm³/mol. The fourth-order valence-electron chi connectivity index (χ4n) is 1.46. The number of ketones is 1. The summed E-state index contributed by atoms with van der Waals surface area (Å²) in [5.74, 6) is -2.39. The lowest BCUT2D eigenvalue weighted by Gasteiger charge is -2.19. The lowest BCUT2D eigenvalue weighted by molar-refractivity contribution is 0.0525. The quantitative estimate of drug-likeness (QED) is 0.847. The maximum Gasteiger partial charge on any atom is 0.407 e. The molecule has 1 aromatic carbocycles. The first-order chi connectivity index (χ1) is 10.4. The maximum absolute atomic E-state index is 13.5. The molecule has 0 aliphatic rings. The number of benzene rings is 1. The summed E-state index contributed by atoms with van der Waals surface area (Å²) in [6.45, 7) is 2.65. The van der Waals surface area contributed by atoms with Crippen LogP contribution in [0.1, 0.15) is 46.7 Å². The molecule has 0 aliphatic carbocycles. The van der Waals surface area contributed by atoms with Crippen LogP contribution in [0.15, 0.2) is 18.2 Å². The smallest absolute Gasteiger partial charge is 0.407 e. The molecule has 1 amide bonds.